The second kappa shape index (κ2) is 7.08. The Kier molecular flexibility index (Phi) is 5.16. The number of hydrogen-bond donors (Lipinski definition) is 1. The van der Waals surface area contributed by atoms with Crippen molar-refractivity contribution in [3.63, 3.8) is 0 Å². The molecule has 0 aliphatic carbocycles. The van der Waals surface area contributed by atoms with E-state index in [0.29, 0.717) is 24.0 Å². The van der Waals surface area contributed by atoms with Crippen LogP contribution in [0.1, 0.15) is 34.3 Å². The number of aromatic nitrogens is 1. The number of hydrogen-bond acceptors (Lipinski definition) is 6. The summed E-state index contributed by atoms with van der Waals surface area (Å²) in [5.74, 6) is -0.333. The van der Waals surface area contributed by atoms with Crippen molar-refractivity contribution in [3.05, 3.63) is 40.4 Å². The largest absolute Gasteiger partial charge is 0.544 e. The number of carboxylic acid groups (broad SMARTS) is 1. The zero-order valence-electron chi connectivity index (χ0n) is 12.0. The fourth-order valence-electron chi connectivity index (χ4n) is 1.76. The van der Waals surface area contributed by atoms with Crippen molar-refractivity contribution in [3.8, 4) is 5.75 Å². The molecular weight excluding hydrogens is 288 g/mol. The van der Waals surface area contributed by atoms with E-state index in [1.807, 2.05) is 24.3 Å². The maximum absolute atomic E-state index is 10.9. The van der Waals surface area contributed by atoms with Crippen molar-refractivity contribution in [2.45, 2.75) is 26.8 Å². The first kappa shape index (κ1) is 15.3. The minimum atomic E-state index is -1.18. The van der Waals surface area contributed by atoms with Crippen LogP contribution in [0.3, 0.4) is 0 Å². The summed E-state index contributed by atoms with van der Waals surface area (Å²) in [5.41, 5.74) is 1.55. The number of carbonyl (C=O) groups excluding carboxylic acids is 1. The Morgan fingerprint density at radius 1 is 1.38 bits per heavy atom. The van der Waals surface area contributed by atoms with Gasteiger partial charge in [0.25, 0.3) is 0 Å². The number of carboxylic acids is 1. The molecule has 0 unspecified atom stereocenters. The maximum Gasteiger partial charge on any atom is 0.183 e. The number of carbonyl (C=O) groups is 1. The predicted molar refractivity (Wildman–Crippen MR) is 80.7 cm³/mol. The molecule has 5 nitrogen and oxygen atoms in total. The van der Waals surface area contributed by atoms with E-state index in [1.54, 1.807) is 6.92 Å². The van der Waals surface area contributed by atoms with Crippen molar-refractivity contribution in [2.24, 2.45) is 0 Å². The summed E-state index contributed by atoms with van der Waals surface area (Å²) in [6.45, 7) is 5.01. The highest BCUT2D eigenvalue weighted by Crippen LogP contribution is 2.22. The first-order valence-corrected chi connectivity index (χ1v) is 7.56. The molecule has 0 aliphatic heterocycles. The molecule has 0 aliphatic rings. The molecule has 6 heteroatoms. The number of ether oxygens (including phenoxy) is 1. The SMILES string of the molecule is CCCOc1ccc(CNc2nc(C)c(C(=O)[O-])s2)cc1. The average molecular weight is 305 g/mol. The fourth-order valence-corrected chi connectivity index (χ4v) is 2.56. The van der Waals surface area contributed by atoms with Gasteiger partial charge in [-0.2, -0.15) is 0 Å². The first-order chi connectivity index (χ1) is 10.1. The molecule has 1 heterocycles. The Bertz CT molecular complexity index is 608. The van der Waals surface area contributed by atoms with Crippen molar-refractivity contribution >= 4 is 22.4 Å². The van der Waals surface area contributed by atoms with E-state index in [4.69, 9.17) is 4.74 Å². The van der Waals surface area contributed by atoms with E-state index in [-0.39, 0.29) is 4.88 Å². The van der Waals surface area contributed by atoms with E-state index in [1.165, 1.54) is 0 Å². The van der Waals surface area contributed by atoms with E-state index < -0.39 is 5.97 Å². The van der Waals surface area contributed by atoms with E-state index in [0.717, 1.165) is 29.1 Å². The molecule has 1 N–H and O–H groups in total. The summed E-state index contributed by atoms with van der Waals surface area (Å²) >= 11 is 1.09. The summed E-state index contributed by atoms with van der Waals surface area (Å²) in [7, 11) is 0. The molecular formula is C15H17N2O3S-. The molecule has 0 saturated carbocycles. The van der Waals surface area contributed by atoms with Gasteiger partial charge in [0.05, 0.1) is 23.1 Å². The van der Waals surface area contributed by atoms with Crippen LogP contribution in [0.5, 0.6) is 5.75 Å². The van der Waals surface area contributed by atoms with E-state index in [2.05, 4.69) is 17.2 Å². The monoisotopic (exact) mass is 305 g/mol. The van der Waals surface area contributed by atoms with Crippen LogP contribution in [0, 0.1) is 6.92 Å². The average Bonchev–Trinajstić information content (AvgIpc) is 2.85. The Morgan fingerprint density at radius 3 is 2.67 bits per heavy atom. The van der Waals surface area contributed by atoms with Gasteiger partial charge in [-0.3, -0.25) is 0 Å². The summed E-state index contributed by atoms with van der Waals surface area (Å²) < 4.78 is 5.52. The van der Waals surface area contributed by atoms with Crippen LogP contribution in [0.25, 0.3) is 0 Å². The summed E-state index contributed by atoms with van der Waals surface area (Å²) in [5, 5.41) is 14.5. The molecule has 0 atom stereocenters. The molecule has 21 heavy (non-hydrogen) atoms. The second-order valence-corrected chi connectivity index (χ2v) is 5.57. The van der Waals surface area contributed by atoms with Gasteiger partial charge in [0.1, 0.15) is 5.75 Å². The lowest BCUT2D eigenvalue weighted by molar-refractivity contribution is -0.254. The van der Waals surface area contributed by atoms with Crippen molar-refractivity contribution in [2.75, 3.05) is 11.9 Å². The van der Waals surface area contributed by atoms with Crippen LogP contribution in [0.4, 0.5) is 5.13 Å². The van der Waals surface area contributed by atoms with Crippen molar-refractivity contribution < 1.29 is 14.6 Å². The molecule has 0 amide bonds. The molecule has 0 saturated heterocycles. The smallest absolute Gasteiger partial charge is 0.183 e. The lowest BCUT2D eigenvalue weighted by atomic mass is 10.2. The molecule has 0 bridgehead atoms. The third-order valence-corrected chi connectivity index (χ3v) is 3.92. The highest BCUT2D eigenvalue weighted by molar-refractivity contribution is 7.17. The molecule has 0 radical (unpaired) electrons. The molecule has 2 aromatic rings. The van der Waals surface area contributed by atoms with Gasteiger partial charge in [-0.05, 0) is 31.0 Å². The number of aromatic carboxylic acids is 1. The maximum atomic E-state index is 10.9. The van der Waals surface area contributed by atoms with Crippen LogP contribution in [-0.2, 0) is 6.54 Å². The summed E-state index contributed by atoms with van der Waals surface area (Å²) in [6, 6.07) is 7.79. The standard InChI is InChI=1S/C15H18N2O3S/c1-3-8-20-12-6-4-11(5-7-12)9-16-15-17-10(2)13(21-15)14(18)19/h4-7H,3,8-9H2,1-2H3,(H,16,17)(H,18,19)/p-1. The van der Waals surface area contributed by atoms with Crippen LogP contribution in [0.15, 0.2) is 24.3 Å². The number of benzene rings is 1. The van der Waals surface area contributed by atoms with Gasteiger partial charge < -0.3 is 20.0 Å². The van der Waals surface area contributed by atoms with Crippen LogP contribution >= 0.6 is 11.3 Å². The minimum absolute atomic E-state index is 0.167. The first-order valence-electron chi connectivity index (χ1n) is 6.74. The number of nitrogens with one attached hydrogen (secondary N) is 1. The number of thiazole rings is 1. The topological polar surface area (TPSA) is 74.3 Å². The number of aryl methyl sites for hydroxylation is 1. The molecule has 1 aromatic heterocycles. The Balaban J connectivity index is 1.93. The normalized spacial score (nSPS) is 10.4. The third-order valence-electron chi connectivity index (χ3n) is 2.82. The molecule has 0 spiro atoms. The van der Waals surface area contributed by atoms with Gasteiger partial charge in [-0.1, -0.05) is 30.4 Å². The quantitative estimate of drug-likeness (QED) is 0.849. The number of anilines is 1. The Hall–Kier alpha value is -2.08. The predicted octanol–water partition coefficient (Wildman–Crippen LogP) is 2.22. The van der Waals surface area contributed by atoms with Gasteiger partial charge >= 0.3 is 0 Å². The van der Waals surface area contributed by atoms with Crippen LogP contribution in [0.2, 0.25) is 0 Å². The van der Waals surface area contributed by atoms with Crippen molar-refractivity contribution in [1.29, 1.82) is 0 Å². The lowest BCUT2D eigenvalue weighted by Crippen LogP contribution is -2.21. The molecule has 112 valence electrons. The lowest BCUT2D eigenvalue weighted by Gasteiger charge is -2.06. The summed E-state index contributed by atoms with van der Waals surface area (Å²) in [4.78, 5) is 15.2. The highest BCUT2D eigenvalue weighted by Gasteiger charge is 2.07. The van der Waals surface area contributed by atoms with Crippen molar-refractivity contribution in [1.82, 2.24) is 4.98 Å². The Labute approximate surface area is 127 Å². The van der Waals surface area contributed by atoms with E-state index >= 15 is 0 Å². The molecule has 1 aromatic carbocycles. The third kappa shape index (κ3) is 4.19. The number of nitrogens with zero attached hydrogens (tertiary/aromatic N) is 1. The Morgan fingerprint density at radius 2 is 2.10 bits per heavy atom. The van der Waals surface area contributed by atoms with Gasteiger partial charge in [0.2, 0.25) is 0 Å². The number of rotatable bonds is 7. The zero-order chi connectivity index (χ0) is 15.2. The van der Waals surface area contributed by atoms with Gasteiger partial charge in [-0.25, -0.2) is 4.98 Å². The fraction of sp³-hybridized carbons (Fsp3) is 0.333. The second-order valence-electron chi connectivity index (χ2n) is 4.57. The minimum Gasteiger partial charge on any atom is -0.544 e. The van der Waals surface area contributed by atoms with Gasteiger partial charge in [-0.15, -0.1) is 0 Å². The van der Waals surface area contributed by atoms with Gasteiger partial charge in [0, 0.05) is 6.54 Å². The highest BCUT2D eigenvalue weighted by atomic mass is 32.1. The van der Waals surface area contributed by atoms with Crippen LogP contribution in [-0.4, -0.2) is 17.6 Å². The van der Waals surface area contributed by atoms with E-state index in [9.17, 15) is 9.90 Å². The van der Waals surface area contributed by atoms with Gasteiger partial charge in [0.15, 0.2) is 5.13 Å². The van der Waals surface area contributed by atoms with Crippen LogP contribution < -0.4 is 15.2 Å². The zero-order valence-corrected chi connectivity index (χ0v) is 12.8. The summed E-state index contributed by atoms with van der Waals surface area (Å²) in [6.07, 6.45) is 0.980. The molecule has 0 fully saturated rings. The molecule has 2 rings (SSSR count).